The molecule has 0 bridgehead atoms. The number of alkyl halides is 5. The van der Waals surface area contributed by atoms with Crippen LogP contribution in [0.2, 0.25) is 0 Å². The van der Waals surface area contributed by atoms with Crippen molar-refractivity contribution in [2.24, 2.45) is 0 Å². The summed E-state index contributed by atoms with van der Waals surface area (Å²) in [7, 11) is 0. The van der Waals surface area contributed by atoms with Crippen LogP contribution in [0.25, 0.3) is 10.4 Å². The maximum atomic E-state index is 14.2. The van der Waals surface area contributed by atoms with Crippen molar-refractivity contribution in [2.75, 3.05) is 5.32 Å². The van der Waals surface area contributed by atoms with Crippen molar-refractivity contribution >= 4 is 29.0 Å². The van der Waals surface area contributed by atoms with Gasteiger partial charge >= 0.3 is 6.18 Å². The van der Waals surface area contributed by atoms with Crippen LogP contribution in [-0.4, -0.2) is 68.2 Å². The zero-order valence-electron chi connectivity index (χ0n) is 21.6. The molecule has 0 radical (unpaired) electrons. The van der Waals surface area contributed by atoms with Gasteiger partial charge < -0.3 is 20.6 Å². The number of carbonyl (C=O) groups is 2. The standard InChI is InChI=1S/C25H30F5N5O3S/c1-4-13-6-5-11(2)35(13)24(38)19-20(39-23(34-19)22(37)33-16-7-8-17(16)36)15-10-31-18(9-14(15)21(26)27)32-12(3)25(28,29)30/h9-13,16-17,21,36H,4-8H2,1-3H3,(H,31,32)(H,33,37)/t11?,12-,13?,16?,17?/m0/s1. The smallest absolute Gasteiger partial charge is 0.391 e. The number of pyridine rings is 1. The van der Waals surface area contributed by atoms with E-state index in [9.17, 15) is 36.6 Å². The third-order valence-corrected chi connectivity index (χ3v) is 8.43. The second kappa shape index (κ2) is 11.3. The first-order chi connectivity index (χ1) is 18.3. The summed E-state index contributed by atoms with van der Waals surface area (Å²) in [5, 5.41) is 14.4. The summed E-state index contributed by atoms with van der Waals surface area (Å²) in [5.74, 6) is -1.59. The molecule has 2 aliphatic rings. The Morgan fingerprint density at radius 2 is 1.95 bits per heavy atom. The van der Waals surface area contributed by atoms with E-state index in [2.05, 4.69) is 20.6 Å². The molecule has 4 unspecified atom stereocenters. The van der Waals surface area contributed by atoms with Crippen LogP contribution < -0.4 is 10.6 Å². The number of aliphatic hydroxyl groups is 1. The van der Waals surface area contributed by atoms with Gasteiger partial charge in [-0.25, -0.2) is 18.7 Å². The molecule has 39 heavy (non-hydrogen) atoms. The Kier molecular flexibility index (Phi) is 8.45. The van der Waals surface area contributed by atoms with E-state index in [0.717, 1.165) is 43.4 Å². The molecule has 2 fully saturated rings. The predicted octanol–water partition coefficient (Wildman–Crippen LogP) is 5.16. The number of rotatable bonds is 8. The van der Waals surface area contributed by atoms with Crippen molar-refractivity contribution in [3.05, 3.63) is 28.5 Å². The minimum atomic E-state index is -4.62. The molecule has 2 amide bonds. The van der Waals surface area contributed by atoms with Gasteiger partial charge in [-0.05, 0) is 52.0 Å². The zero-order valence-corrected chi connectivity index (χ0v) is 22.4. The van der Waals surface area contributed by atoms with E-state index in [4.69, 9.17) is 0 Å². The van der Waals surface area contributed by atoms with E-state index < -0.39 is 54.0 Å². The number of thiazole rings is 1. The van der Waals surface area contributed by atoms with Crippen molar-refractivity contribution in [1.29, 1.82) is 0 Å². The lowest BCUT2D eigenvalue weighted by molar-refractivity contribution is -0.138. The van der Waals surface area contributed by atoms with E-state index in [-0.39, 0.29) is 33.2 Å². The zero-order chi connectivity index (χ0) is 28.6. The molecule has 5 atom stereocenters. The first kappa shape index (κ1) is 29.1. The Morgan fingerprint density at radius 1 is 1.23 bits per heavy atom. The molecule has 214 valence electrons. The lowest BCUT2D eigenvalue weighted by atomic mass is 9.89. The number of hydrogen-bond donors (Lipinski definition) is 3. The van der Waals surface area contributed by atoms with Crippen LogP contribution in [0.15, 0.2) is 12.3 Å². The molecule has 1 aliphatic heterocycles. The fraction of sp³-hybridized carbons (Fsp3) is 0.600. The van der Waals surface area contributed by atoms with E-state index in [1.54, 1.807) is 4.90 Å². The fourth-order valence-electron chi connectivity index (χ4n) is 4.81. The monoisotopic (exact) mass is 575 g/mol. The number of nitrogens with one attached hydrogen (secondary N) is 2. The quantitative estimate of drug-likeness (QED) is 0.376. The molecule has 2 aromatic heterocycles. The summed E-state index contributed by atoms with van der Waals surface area (Å²) in [4.78, 5) is 36.5. The van der Waals surface area contributed by atoms with Gasteiger partial charge in [0, 0.05) is 29.4 Å². The molecule has 0 aromatic carbocycles. The van der Waals surface area contributed by atoms with Gasteiger partial charge in [-0.3, -0.25) is 9.59 Å². The molecule has 8 nitrogen and oxygen atoms in total. The van der Waals surface area contributed by atoms with Crippen molar-refractivity contribution in [3.8, 4) is 10.4 Å². The number of nitrogens with zero attached hydrogens (tertiary/aromatic N) is 3. The number of hydrogen-bond acceptors (Lipinski definition) is 7. The van der Waals surface area contributed by atoms with Crippen molar-refractivity contribution in [2.45, 2.75) is 95.7 Å². The highest BCUT2D eigenvalue weighted by molar-refractivity contribution is 7.17. The van der Waals surface area contributed by atoms with Gasteiger partial charge in [-0.2, -0.15) is 13.2 Å². The van der Waals surface area contributed by atoms with Gasteiger partial charge in [0.15, 0.2) is 5.01 Å². The molecular formula is C25H30F5N5O3S. The molecule has 14 heteroatoms. The van der Waals surface area contributed by atoms with Gasteiger partial charge in [-0.1, -0.05) is 6.92 Å². The number of anilines is 1. The Balaban J connectivity index is 1.77. The van der Waals surface area contributed by atoms with Gasteiger partial charge in [0.1, 0.15) is 17.6 Å². The van der Waals surface area contributed by atoms with Gasteiger partial charge in [0.2, 0.25) is 0 Å². The van der Waals surface area contributed by atoms with Crippen LogP contribution >= 0.6 is 11.3 Å². The number of aromatic nitrogens is 2. The number of amides is 2. The first-order valence-electron chi connectivity index (χ1n) is 12.8. The summed E-state index contributed by atoms with van der Waals surface area (Å²) in [6.07, 6.45) is -4.21. The van der Waals surface area contributed by atoms with E-state index in [1.165, 1.54) is 0 Å². The highest BCUT2D eigenvalue weighted by Crippen LogP contribution is 2.40. The van der Waals surface area contributed by atoms with E-state index >= 15 is 0 Å². The minimum absolute atomic E-state index is 0.0218. The van der Waals surface area contributed by atoms with Gasteiger partial charge in [0.05, 0.1) is 17.0 Å². The molecule has 2 aromatic rings. The van der Waals surface area contributed by atoms with E-state index in [1.807, 2.05) is 13.8 Å². The SMILES string of the molecule is CCC1CCC(C)N1C(=O)c1nc(C(=O)NC2CCC2O)sc1-c1cnc(N[C@@H](C)C(F)(F)F)cc1C(F)F. The van der Waals surface area contributed by atoms with Crippen LogP contribution in [0.4, 0.5) is 27.8 Å². The average molecular weight is 576 g/mol. The molecule has 3 N–H and O–H groups in total. The highest BCUT2D eigenvalue weighted by Gasteiger charge is 2.39. The summed E-state index contributed by atoms with van der Waals surface area (Å²) < 4.78 is 67.4. The van der Waals surface area contributed by atoms with Gasteiger partial charge in [-0.15, -0.1) is 11.3 Å². The maximum absolute atomic E-state index is 14.2. The summed E-state index contributed by atoms with van der Waals surface area (Å²) in [6, 6.07) is -1.93. The lowest BCUT2D eigenvalue weighted by Gasteiger charge is -2.32. The normalized spacial score (nSPS) is 24.0. The number of halogens is 5. The van der Waals surface area contributed by atoms with Crippen molar-refractivity contribution in [3.63, 3.8) is 0 Å². The van der Waals surface area contributed by atoms with Crippen molar-refractivity contribution < 1.29 is 36.6 Å². The predicted molar refractivity (Wildman–Crippen MR) is 135 cm³/mol. The topological polar surface area (TPSA) is 107 Å². The first-order valence-corrected chi connectivity index (χ1v) is 13.6. The van der Waals surface area contributed by atoms with Crippen LogP contribution in [0, 0.1) is 0 Å². The number of likely N-dealkylation sites (tertiary alicyclic amines) is 1. The summed E-state index contributed by atoms with van der Waals surface area (Å²) in [5.41, 5.74) is -1.04. The second-order valence-corrected chi connectivity index (χ2v) is 11.0. The van der Waals surface area contributed by atoms with Crippen LogP contribution in [0.3, 0.4) is 0 Å². The maximum Gasteiger partial charge on any atom is 0.408 e. The third-order valence-electron chi connectivity index (χ3n) is 7.34. The Morgan fingerprint density at radius 3 is 2.51 bits per heavy atom. The third kappa shape index (κ3) is 6.01. The fourth-order valence-corrected chi connectivity index (χ4v) is 5.80. The number of aliphatic hydroxyl groups excluding tert-OH is 1. The highest BCUT2D eigenvalue weighted by atomic mass is 32.1. The van der Waals surface area contributed by atoms with Crippen LogP contribution in [0.1, 0.15) is 85.2 Å². The molecule has 1 aliphatic carbocycles. The number of carbonyl (C=O) groups excluding carboxylic acids is 2. The summed E-state index contributed by atoms with van der Waals surface area (Å²) in [6.45, 7) is 4.64. The van der Waals surface area contributed by atoms with Gasteiger partial charge in [0.25, 0.3) is 18.2 Å². The molecule has 0 spiro atoms. The van der Waals surface area contributed by atoms with Crippen molar-refractivity contribution in [1.82, 2.24) is 20.2 Å². The minimum Gasteiger partial charge on any atom is -0.391 e. The summed E-state index contributed by atoms with van der Waals surface area (Å²) >= 11 is 0.725. The average Bonchev–Trinajstić information content (AvgIpc) is 3.49. The lowest BCUT2D eigenvalue weighted by Crippen LogP contribution is -2.50. The molecule has 1 saturated carbocycles. The van der Waals surface area contributed by atoms with E-state index in [0.29, 0.717) is 19.3 Å². The molecule has 4 rings (SSSR count). The second-order valence-electron chi connectivity index (χ2n) is 9.99. The largest absolute Gasteiger partial charge is 0.408 e. The molecule has 1 saturated heterocycles. The van der Waals surface area contributed by atoms with Crippen LogP contribution in [0.5, 0.6) is 0 Å². The van der Waals surface area contributed by atoms with Crippen LogP contribution in [-0.2, 0) is 0 Å². The Hall–Kier alpha value is -2.87. The Labute approximate surface area is 226 Å². The molecule has 3 heterocycles. The molecular weight excluding hydrogens is 545 g/mol. The Bertz CT molecular complexity index is 1220.